The minimum absolute atomic E-state index is 0.355. The Bertz CT molecular complexity index is 283. The smallest absolute Gasteiger partial charge is 0.0304 e. The summed E-state index contributed by atoms with van der Waals surface area (Å²) in [6.07, 6.45) is 9.72. The molecule has 2 heteroatoms. The van der Waals surface area contributed by atoms with Crippen molar-refractivity contribution in [3.63, 3.8) is 0 Å². The third-order valence-electron chi connectivity index (χ3n) is 5.17. The maximum absolute atomic E-state index is 3.85. The van der Waals surface area contributed by atoms with Crippen LogP contribution in [0.4, 0.5) is 0 Å². The highest BCUT2D eigenvalue weighted by molar-refractivity contribution is 5.05. The van der Waals surface area contributed by atoms with Crippen LogP contribution in [0.25, 0.3) is 0 Å². The van der Waals surface area contributed by atoms with E-state index in [-0.39, 0.29) is 0 Å². The highest BCUT2D eigenvalue weighted by Gasteiger charge is 2.40. The Morgan fingerprint density at radius 3 is 2.33 bits per heavy atom. The fourth-order valence-corrected chi connectivity index (χ4v) is 3.58. The first-order chi connectivity index (χ1) is 8.62. The van der Waals surface area contributed by atoms with Gasteiger partial charge in [-0.15, -0.1) is 0 Å². The number of nitrogens with one attached hydrogen (secondary N) is 1. The first-order valence-corrected chi connectivity index (χ1v) is 7.77. The molecule has 0 spiro atoms. The van der Waals surface area contributed by atoms with E-state index in [4.69, 9.17) is 0 Å². The Kier molecular flexibility index (Phi) is 4.50. The number of rotatable bonds is 4. The van der Waals surface area contributed by atoms with Gasteiger partial charge in [-0.2, -0.15) is 0 Å². The molecule has 0 bridgehead atoms. The summed E-state index contributed by atoms with van der Waals surface area (Å²) in [6, 6.07) is 1.47. The summed E-state index contributed by atoms with van der Waals surface area (Å²) in [5.74, 6) is 0.741. The Morgan fingerprint density at radius 1 is 1.22 bits per heavy atom. The van der Waals surface area contributed by atoms with Gasteiger partial charge in [-0.05, 0) is 31.6 Å². The maximum atomic E-state index is 3.85. The van der Waals surface area contributed by atoms with Crippen LogP contribution in [0.1, 0.15) is 53.4 Å². The van der Waals surface area contributed by atoms with Crippen LogP contribution in [0.5, 0.6) is 0 Å². The molecule has 1 aliphatic heterocycles. The van der Waals surface area contributed by atoms with Crippen LogP contribution in [0, 0.1) is 5.92 Å². The second kappa shape index (κ2) is 5.75. The Balaban J connectivity index is 2.12. The van der Waals surface area contributed by atoms with Gasteiger partial charge in [0.2, 0.25) is 0 Å². The number of hydrogen-bond donors (Lipinski definition) is 1. The van der Waals surface area contributed by atoms with E-state index in [1.807, 2.05) is 0 Å². The molecule has 1 unspecified atom stereocenters. The lowest BCUT2D eigenvalue weighted by atomic mass is 9.85. The van der Waals surface area contributed by atoms with Crippen LogP contribution >= 0.6 is 0 Å². The van der Waals surface area contributed by atoms with E-state index in [1.54, 1.807) is 0 Å². The Morgan fingerprint density at radius 2 is 1.83 bits per heavy atom. The summed E-state index contributed by atoms with van der Waals surface area (Å²) < 4.78 is 0. The lowest BCUT2D eigenvalue weighted by Crippen LogP contribution is -2.66. The molecule has 2 rings (SSSR count). The van der Waals surface area contributed by atoms with Crippen LogP contribution in [0.2, 0.25) is 0 Å². The van der Waals surface area contributed by atoms with Crippen LogP contribution < -0.4 is 5.32 Å². The zero-order valence-corrected chi connectivity index (χ0v) is 12.6. The van der Waals surface area contributed by atoms with Gasteiger partial charge in [-0.3, -0.25) is 4.90 Å². The molecule has 104 valence electrons. The second-order valence-corrected chi connectivity index (χ2v) is 6.45. The molecule has 1 saturated heterocycles. The molecule has 1 N–H and O–H groups in total. The van der Waals surface area contributed by atoms with Gasteiger partial charge >= 0.3 is 0 Å². The minimum atomic E-state index is 0.355. The summed E-state index contributed by atoms with van der Waals surface area (Å²) in [4.78, 5) is 2.81. The molecule has 1 aliphatic carbocycles. The van der Waals surface area contributed by atoms with Gasteiger partial charge in [-0.1, -0.05) is 39.8 Å². The largest absolute Gasteiger partial charge is 0.308 e. The summed E-state index contributed by atoms with van der Waals surface area (Å²) in [7, 11) is 0. The highest BCUT2D eigenvalue weighted by atomic mass is 15.3. The zero-order chi connectivity index (χ0) is 13.2. The van der Waals surface area contributed by atoms with Gasteiger partial charge in [0.1, 0.15) is 0 Å². The molecule has 1 heterocycles. The van der Waals surface area contributed by atoms with Crippen molar-refractivity contribution in [3.8, 4) is 0 Å². The molecule has 0 aromatic heterocycles. The van der Waals surface area contributed by atoms with Crippen LogP contribution in [0.3, 0.4) is 0 Å². The maximum Gasteiger partial charge on any atom is 0.0304 e. The third-order valence-corrected chi connectivity index (χ3v) is 5.17. The van der Waals surface area contributed by atoms with Gasteiger partial charge in [0, 0.05) is 30.7 Å². The minimum Gasteiger partial charge on any atom is -0.308 e. The van der Waals surface area contributed by atoms with Crippen molar-refractivity contribution in [2.45, 2.75) is 71.0 Å². The lowest BCUT2D eigenvalue weighted by molar-refractivity contribution is 0.0203. The van der Waals surface area contributed by atoms with Crippen molar-refractivity contribution >= 4 is 0 Å². The molecule has 18 heavy (non-hydrogen) atoms. The number of nitrogens with zero attached hydrogens (tertiary/aromatic N) is 1. The Hall–Kier alpha value is -0.340. The van der Waals surface area contributed by atoms with E-state index < -0.39 is 0 Å². The molecule has 0 saturated carbocycles. The standard InChI is InChI=1S/C16H30N2/c1-5-16(6-2)12-18(14-9-7-8-10-14)15(11-17-16)13(3)4/h7-8,13-15,17H,5-6,9-12H2,1-4H3. The van der Waals surface area contributed by atoms with Crippen molar-refractivity contribution in [1.29, 1.82) is 0 Å². The molecule has 0 aromatic carbocycles. The quantitative estimate of drug-likeness (QED) is 0.771. The van der Waals surface area contributed by atoms with E-state index in [1.165, 1.54) is 32.2 Å². The van der Waals surface area contributed by atoms with Gasteiger partial charge in [0.25, 0.3) is 0 Å². The Labute approximate surface area is 113 Å². The fourth-order valence-electron chi connectivity index (χ4n) is 3.58. The summed E-state index contributed by atoms with van der Waals surface area (Å²) in [5, 5.41) is 3.85. The molecular formula is C16H30N2. The average molecular weight is 250 g/mol. The van der Waals surface area contributed by atoms with Gasteiger partial charge < -0.3 is 5.32 Å². The van der Waals surface area contributed by atoms with E-state index in [0.717, 1.165) is 18.5 Å². The zero-order valence-electron chi connectivity index (χ0n) is 12.6. The van der Waals surface area contributed by atoms with Gasteiger partial charge in [-0.25, -0.2) is 0 Å². The lowest BCUT2D eigenvalue weighted by Gasteiger charge is -2.51. The van der Waals surface area contributed by atoms with Crippen LogP contribution in [-0.4, -0.2) is 35.6 Å². The molecule has 2 aliphatic rings. The first-order valence-electron chi connectivity index (χ1n) is 7.77. The summed E-state index contributed by atoms with van der Waals surface area (Å²) >= 11 is 0. The second-order valence-electron chi connectivity index (χ2n) is 6.45. The molecular weight excluding hydrogens is 220 g/mol. The molecule has 0 aromatic rings. The van der Waals surface area contributed by atoms with Gasteiger partial charge in [0.05, 0.1) is 0 Å². The molecule has 1 fully saturated rings. The monoisotopic (exact) mass is 250 g/mol. The van der Waals surface area contributed by atoms with Crippen molar-refractivity contribution in [3.05, 3.63) is 12.2 Å². The van der Waals surface area contributed by atoms with Crippen LogP contribution in [0.15, 0.2) is 12.2 Å². The number of piperazine rings is 1. The van der Waals surface area contributed by atoms with Crippen LogP contribution in [-0.2, 0) is 0 Å². The molecule has 0 radical (unpaired) electrons. The van der Waals surface area contributed by atoms with E-state index in [0.29, 0.717) is 11.6 Å². The highest BCUT2D eigenvalue weighted by Crippen LogP contribution is 2.30. The third kappa shape index (κ3) is 2.65. The summed E-state index contributed by atoms with van der Waals surface area (Å²) in [5.41, 5.74) is 0.355. The van der Waals surface area contributed by atoms with Crippen molar-refractivity contribution in [1.82, 2.24) is 10.2 Å². The first kappa shape index (κ1) is 14.1. The topological polar surface area (TPSA) is 15.3 Å². The molecule has 1 atom stereocenters. The van der Waals surface area contributed by atoms with Crippen molar-refractivity contribution in [2.24, 2.45) is 5.92 Å². The van der Waals surface area contributed by atoms with Crippen molar-refractivity contribution in [2.75, 3.05) is 13.1 Å². The predicted octanol–water partition coefficient (Wildman–Crippen LogP) is 3.19. The SMILES string of the molecule is CCC1(CC)CN(C2CC=CC2)C(C(C)C)CN1. The van der Waals surface area contributed by atoms with Crippen molar-refractivity contribution < 1.29 is 0 Å². The van der Waals surface area contributed by atoms with Gasteiger partial charge in [0.15, 0.2) is 0 Å². The normalized spacial score (nSPS) is 29.3. The predicted molar refractivity (Wildman–Crippen MR) is 78.8 cm³/mol. The fraction of sp³-hybridized carbons (Fsp3) is 0.875. The average Bonchev–Trinajstić information content (AvgIpc) is 2.91. The number of hydrogen-bond acceptors (Lipinski definition) is 2. The van der Waals surface area contributed by atoms with E-state index >= 15 is 0 Å². The van der Waals surface area contributed by atoms with E-state index in [9.17, 15) is 0 Å². The van der Waals surface area contributed by atoms with E-state index in [2.05, 4.69) is 50.1 Å². The molecule has 0 amide bonds. The molecule has 2 nitrogen and oxygen atoms in total. The summed E-state index contributed by atoms with van der Waals surface area (Å²) in [6.45, 7) is 11.8.